The highest BCUT2D eigenvalue weighted by Crippen LogP contribution is 2.38. The first kappa shape index (κ1) is 32.3. The van der Waals surface area contributed by atoms with E-state index in [9.17, 15) is 0 Å². The van der Waals surface area contributed by atoms with Crippen LogP contribution in [0, 0.1) is 0 Å². The normalized spacial score (nSPS) is 11.0. The topological polar surface area (TPSA) is 18.5 Å². The molecule has 0 aliphatic heterocycles. The zero-order chi connectivity index (χ0) is 35.0. The minimum absolute atomic E-state index is 0.678. The van der Waals surface area contributed by atoms with E-state index < -0.39 is 0 Å². The molecule has 0 atom stereocenters. The second-order valence-electron chi connectivity index (χ2n) is 12.6. The van der Waals surface area contributed by atoms with Gasteiger partial charge in [0, 0.05) is 6.07 Å². The second-order valence-corrected chi connectivity index (χ2v) is 12.6. The Morgan fingerprint density at radius 3 is 0.865 bits per heavy atom. The number of ether oxygens (including phenoxy) is 2. The maximum absolute atomic E-state index is 6.75. The molecule has 0 amide bonds. The van der Waals surface area contributed by atoms with E-state index in [0.29, 0.717) is 11.5 Å². The fourth-order valence-corrected chi connectivity index (χ4v) is 6.34. The summed E-state index contributed by atoms with van der Waals surface area (Å²) in [4.78, 5) is 0. The summed E-state index contributed by atoms with van der Waals surface area (Å²) >= 11 is 0. The molecule has 0 saturated carbocycles. The fraction of sp³-hybridized carbons (Fsp3) is 0. The first-order valence-corrected chi connectivity index (χ1v) is 17.5. The molecule has 2 heteroatoms. The zero-order valence-electron chi connectivity index (χ0n) is 28.6. The molecule has 0 unspecified atom stereocenters. The average Bonchev–Trinajstić information content (AvgIpc) is 3.21. The standard InChI is InChI=1S/C50H36O2/c1-6-16-37(17-7-1)26-27-38-28-47(51-49-32-43(39-18-8-2-9-19-39)30-44(33-49)40-20-10-3-11-21-40)36-48(29-38)52-50-34-45(41-22-12-4-13-23-41)31-46(35-50)42-24-14-5-15-25-42/h1-36H. The summed E-state index contributed by atoms with van der Waals surface area (Å²) in [5.41, 5.74) is 10.9. The molecule has 0 aliphatic carbocycles. The monoisotopic (exact) mass is 668 g/mol. The van der Waals surface area contributed by atoms with Gasteiger partial charge in [-0.3, -0.25) is 0 Å². The highest BCUT2D eigenvalue weighted by Gasteiger charge is 2.12. The van der Waals surface area contributed by atoms with Crippen molar-refractivity contribution < 1.29 is 9.47 Å². The maximum atomic E-state index is 6.75. The van der Waals surface area contributed by atoms with Gasteiger partial charge in [-0.2, -0.15) is 0 Å². The van der Waals surface area contributed by atoms with Crippen LogP contribution in [-0.2, 0) is 0 Å². The number of hydrogen-bond acceptors (Lipinski definition) is 2. The molecule has 0 spiro atoms. The molecule has 8 aromatic carbocycles. The van der Waals surface area contributed by atoms with Crippen LogP contribution in [0.3, 0.4) is 0 Å². The van der Waals surface area contributed by atoms with Gasteiger partial charge in [0.25, 0.3) is 0 Å². The van der Waals surface area contributed by atoms with Crippen molar-refractivity contribution in [1.82, 2.24) is 0 Å². The Labute approximate surface area is 305 Å². The van der Waals surface area contributed by atoms with E-state index in [4.69, 9.17) is 9.47 Å². The molecule has 0 radical (unpaired) electrons. The first-order chi connectivity index (χ1) is 25.7. The number of rotatable bonds is 10. The SMILES string of the molecule is C(=Cc1cc(Oc2cc(-c3ccccc3)cc(-c3ccccc3)c2)cc(Oc2cc(-c3ccccc3)cc(-c3ccccc3)c2)c1)c1ccccc1. The van der Waals surface area contributed by atoms with Crippen molar-refractivity contribution in [2.24, 2.45) is 0 Å². The van der Waals surface area contributed by atoms with Crippen LogP contribution < -0.4 is 9.47 Å². The van der Waals surface area contributed by atoms with Crippen LogP contribution in [0.4, 0.5) is 0 Å². The second kappa shape index (κ2) is 15.3. The summed E-state index contributed by atoms with van der Waals surface area (Å²) < 4.78 is 13.5. The molecule has 0 fully saturated rings. The van der Waals surface area contributed by atoms with E-state index in [1.54, 1.807) is 0 Å². The molecule has 0 aliphatic rings. The van der Waals surface area contributed by atoms with Crippen LogP contribution in [0.5, 0.6) is 23.0 Å². The number of benzene rings is 8. The van der Waals surface area contributed by atoms with E-state index in [1.807, 2.05) is 48.5 Å². The molecule has 52 heavy (non-hydrogen) atoms. The summed E-state index contributed by atoms with van der Waals surface area (Å²) in [6.45, 7) is 0. The lowest BCUT2D eigenvalue weighted by molar-refractivity contribution is 0.460. The van der Waals surface area contributed by atoms with Crippen LogP contribution in [0.15, 0.2) is 206 Å². The number of hydrogen-bond donors (Lipinski definition) is 0. The highest BCUT2D eigenvalue weighted by molar-refractivity contribution is 5.77. The van der Waals surface area contributed by atoms with Crippen molar-refractivity contribution in [3.8, 4) is 67.5 Å². The van der Waals surface area contributed by atoms with Crippen LogP contribution in [0.2, 0.25) is 0 Å². The lowest BCUT2D eigenvalue weighted by atomic mass is 9.98. The van der Waals surface area contributed by atoms with Gasteiger partial charge >= 0.3 is 0 Å². The Morgan fingerprint density at radius 1 is 0.231 bits per heavy atom. The Hall–Kier alpha value is -6.90. The van der Waals surface area contributed by atoms with E-state index in [2.05, 4.69) is 170 Å². The largest absolute Gasteiger partial charge is 0.457 e. The molecule has 2 nitrogen and oxygen atoms in total. The van der Waals surface area contributed by atoms with Crippen LogP contribution in [0.1, 0.15) is 11.1 Å². The van der Waals surface area contributed by atoms with Gasteiger partial charge in [0.05, 0.1) is 0 Å². The predicted molar refractivity (Wildman–Crippen MR) is 217 cm³/mol. The summed E-state index contributed by atoms with van der Waals surface area (Å²) in [5.74, 6) is 2.84. The molecule has 8 rings (SSSR count). The van der Waals surface area contributed by atoms with Gasteiger partial charge in [-0.05, 0) is 104 Å². The Balaban J connectivity index is 1.20. The van der Waals surface area contributed by atoms with Crippen LogP contribution in [-0.4, -0.2) is 0 Å². The molecule has 8 aromatic rings. The van der Waals surface area contributed by atoms with Crippen molar-refractivity contribution in [1.29, 1.82) is 0 Å². The lowest BCUT2D eigenvalue weighted by Crippen LogP contribution is -1.92. The quantitative estimate of drug-likeness (QED) is 0.135. The van der Waals surface area contributed by atoms with Crippen molar-refractivity contribution >= 4 is 12.2 Å². The molecular weight excluding hydrogens is 633 g/mol. The van der Waals surface area contributed by atoms with Gasteiger partial charge in [0.1, 0.15) is 23.0 Å². The minimum atomic E-state index is 0.678. The van der Waals surface area contributed by atoms with Crippen molar-refractivity contribution in [3.05, 3.63) is 217 Å². The minimum Gasteiger partial charge on any atom is -0.457 e. The van der Waals surface area contributed by atoms with Gasteiger partial charge in [-0.15, -0.1) is 0 Å². The molecule has 0 aromatic heterocycles. The lowest BCUT2D eigenvalue weighted by Gasteiger charge is -2.15. The van der Waals surface area contributed by atoms with Gasteiger partial charge in [0.15, 0.2) is 0 Å². The smallest absolute Gasteiger partial charge is 0.131 e. The van der Waals surface area contributed by atoms with E-state index >= 15 is 0 Å². The average molecular weight is 669 g/mol. The Bertz CT molecular complexity index is 2160. The molecule has 0 saturated heterocycles. The first-order valence-electron chi connectivity index (χ1n) is 17.5. The summed E-state index contributed by atoms with van der Waals surface area (Å²) in [5, 5.41) is 0. The Kier molecular flexibility index (Phi) is 9.53. The molecular formula is C50H36O2. The Morgan fingerprint density at radius 2 is 0.519 bits per heavy atom. The fourth-order valence-electron chi connectivity index (χ4n) is 6.34. The van der Waals surface area contributed by atoms with E-state index in [1.165, 1.54) is 0 Å². The predicted octanol–water partition coefficient (Wildman–Crippen LogP) is 14.1. The van der Waals surface area contributed by atoms with Crippen LogP contribution in [0.25, 0.3) is 56.7 Å². The summed E-state index contributed by atoms with van der Waals surface area (Å²) in [7, 11) is 0. The third-order valence-corrected chi connectivity index (χ3v) is 8.88. The van der Waals surface area contributed by atoms with Gasteiger partial charge in [-0.1, -0.05) is 164 Å². The molecule has 0 N–H and O–H groups in total. The highest BCUT2D eigenvalue weighted by atomic mass is 16.5. The summed E-state index contributed by atoms with van der Waals surface area (Å²) in [6, 6.07) is 70.9. The van der Waals surface area contributed by atoms with Gasteiger partial charge in [-0.25, -0.2) is 0 Å². The third-order valence-electron chi connectivity index (χ3n) is 8.88. The third kappa shape index (κ3) is 7.94. The summed E-state index contributed by atoms with van der Waals surface area (Å²) in [6.07, 6.45) is 4.20. The molecule has 0 bridgehead atoms. The van der Waals surface area contributed by atoms with Crippen molar-refractivity contribution in [2.45, 2.75) is 0 Å². The van der Waals surface area contributed by atoms with E-state index in [-0.39, 0.29) is 0 Å². The molecule has 0 heterocycles. The van der Waals surface area contributed by atoms with Crippen molar-refractivity contribution in [2.75, 3.05) is 0 Å². The maximum Gasteiger partial charge on any atom is 0.131 e. The van der Waals surface area contributed by atoms with Crippen LogP contribution >= 0.6 is 0 Å². The zero-order valence-corrected chi connectivity index (χ0v) is 28.6. The van der Waals surface area contributed by atoms with E-state index in [0.717, 1.165) is 67.1 Å². The van der Waals surface area contributed by atoms with Crippen molar-refractivity contribution in [3.63, 3.8) is 0 Å². The van der Waals surface area contributed by atoms with Gasteiger partial charge in [0.2, 0.25) is 0 Å². The molecule has 248 valence electrons. The van der Waals surface area contributed by atoms with Gasteiger partial charge < -0.3 is 9.47 Å².